The maximum absolute atomic E-state index is 3.70. The van der Waals surface area contributed by atoms with Crippen LogP contribution in [0.4, 0.5) is 0 Å². The van der Waals surface area contributed by atoms with E-state index in [-0.39, 0.29) is 0 Å². The zero-order valence-electron chi connectivity index (χ0n) is 13.0. The average Bonchev–Trinajstić information content (AvgIpc) is 2.40. The van der Waals surface area contributed by atoms with Crippen molar-refractivity contribution in [3.05, 3.63) is 0 Å². The van der Waals surface area contributed by atoms with Crippen LogP contribution < -0.4 is 5.32 Å². The molecule has 1 N–H and O–H groups in total. The second-order valence-corrected chi connectivity index (χ2v) is 6.07. The van der Waals surface area contributed by atoms with Crippen LogP contribution >= 0.6 is 0 Å². The van der Waals surface area contributed by atoms with Gasteiger partial charge in [0.1, 0.15) is 0 Å². The van der Waals surface area contributed by atoms with Gasteiger partial charge in [0, 0.05) is 19.1 Å². The summed E-state index contributed by atoms with van der Waals surface area (Å²) in [5.74, 6) is 1.72. The first-order valence-electron chi connectivity index (χ1n) is 8.16. The van der Waals surface area contributed by atoms with E-state index in [0.29, 0.717) is 0 Å². The van der Waals surface area contributed by atoms with Gasteiger partial charge in [-0.1, -0.05) is 47.0 Å². The molecule has 1 saturated carbocycles. The molecule has 2 heteroatoms. The first-order chi connectivity index (χ1) is 8.71. The molecule has 0 saturated heterocycles. The van der Waals surface area contributed by atoms with Crippen LogP contribution in [0.3, 0.4) is 0 Å². The second-order valence-electron chi connectivity index (χ2n) is 6.07. The number of rotatable bonds is 8. The Hall–Kier alpha value is -0.0800. The monoisotopic (exact) mass is 254 g/mol. The van der Waals surface area contributed by atoms with Crippen molar-refractivity contribution in [2.24, 2.45) is 11.8 Å². The molecule has 1 fully saturated rings. The zero-order valence-corrected chi connectivity index (χ0v) is 13.0. The highest BCUT2D eigenvalue weighted by Gasteiger charge is 2.25. The summed E-state index contributed by atoms with van der Waals surface area (Å²) in [6, 6.07) is 0.773. The van der Waals surface area contributed by atoms with Gasteiger partial charge in [0.05, 0.1) is 0 Å². The third-order valence-corrected chi connectivity index (χ3v) is 4.58. The molecular formula is C16H34N2. The Morgan fingerprint density at radius 2 is 1.89 bits per heavy atom. The molecule has 1 aliphatic rings. The van der Waals surface area contributed by atoms with Crippen LogP contribution in [0.5, 0.6) is 0 Å². The van der Waals surface area contributed by atoms with Crippen LogP contribution in [0.1, 0.15) is 59.8 Å². The largest absolute Gasteiger partial charge is 0.314 e. The van der Waals surface area contributed by atoms with Crippen molar-refractivity contribution in [3.8, 4) is 0 Å². The average molecular weight is 254 g/mol. The predicted octanol–water partition coefficient (Wildman–Crippen LogP) is 3.52. The first-order valence-corrected chi connectivity index (χ1v) is 8.16. The molecule has 18 heavy (non-hydrogen) atoms. The standard InChI is InChI=1S/C16H34N2/c1-5-14(4)12-18(7-3)13-15-10-8-9-11-16(15)17-6-2/h14-17H,5-13H2,1-4H3. The molecule has 108 valence electrons. The first kappa shape index (κ1) is 16.0. The van der Waals surface area contributed by atoms with Gasteiger partial charge in [0.15, 0.2) is 0 Å². The fourth-order valence-electron chi connectivity index (χ4n) is 3.19. The van der Waals surface area contributed by atoms with E-state index in [2.05, 4.69) is 37.9 Å². The molecule has 1 rings (SSSR count). The number of hydrogen-bond acceptors (Lipinski definition) is 2. The van der Waals surface area contributed by atoms with E-state index in [4.69, 9.17) is 0 Å². The van der Waals surface area contributed by atoms with Gasteiger partial charge in [0.2, 0.25) is 0 Å². The summed E-state index contributed by atoms with van der Waals surface area (Å²) in [7, 11) is 0. The van der Waals surface area contributed by atoms with Crippen molar-refractivity contribution in [2.45, 2.75) is 65.8 Å². The molecule has 0 heterocycles. The number of nitrogens with one attached hydrogen (secondary N) is 1. The van der Waals surface area contributed by atoms with Crippen LogP contribution in [0.15, 0.2) is 0 Å². The Kier molecular flexibility index (Phi) is 7.92. The molecule has 3 atom stereocenters. The summed E-state index contributed by atoms with van der Waals surface area (Å²) in [5.41, 5.74) is 0. The predicted molar refractivity (Wildman–Crippen MR) is 81.0 cm³/mol. The Bertz CT molecular complexity index is 203. The van der Waals surface area contributed by atoms with Gasteiger partial charge in [-0.25, -0.2) is 0 Å². The van der Waals surface area contributed by atoms with E-state index in [1.54, 1.807) is 0 Å². The topological polar surface area (TPSA) is 15.3 Å². The normalized spacial score (nSPS) is 26.5. The lowest BCUT2D eigenvalue weighted by Crippen LogP contribution is -2.45. The van der Waals surface area contributed by atoms with Crippen LogP contribution in [0.2, 0.25) is 0 Å². The maximum atomic E-state index is 3.70. The van der Waals surface area contributed by atoms with Crippen molar-refractivity contribution in [1.29, 1.82) is 0 Å². The minimum Gasteiger partial charge on any atom is -0.314 e. The van der Waals surface area contributed by atoms with E-state index >= 15 is 0 Å². The molecule has 0 amide bonds. The van der Waals surface area contributed by atoms with Gasteiger partial charge in [-0.2, -0.15) is 0 Å². The van der Waals surface area contributed by atoms with Gasteiger partial charge in [-0.3, -0.25) is 0 Å². The molecule has 3 unspecified atom stereocenters. The Balaban J connectivity index is 2.44. The number of nitrogens with zero attached hydrogens (tertiary/aromatic N) is 1. The summed E-state index contributed by atoms with van der Waals surface area (Å²) >= 11 is 0. The van der Waals surface area contributed by atoms with E-state index < -0.39 is 0 Å². The summed E-state index contributed by atoms with van der Waals surface area (Å²) in [5, 5.41) is 3.70. The van der Waals surface area contributed by atoms with Crippen LogP contribution in [0.25, 0.3) is 0 Å². The second kappa shape index (κ2) is 8.92. The van der Waals surface area contributed by atoms with E-state index in [0.717, 1.165) is 24.4 Å². The van der Waals surface area contributed by atoms with Gasteiger partial charge in [-0.15, -0.1) is 0 Å². The van der Waals surface area contributed by atoms with Crippen molar-refractivity contribution in [2.75, 3.05) is 26.2 Å². The minimum absolute atomic E-state index is 0.773. The van der Waals surface area contributed by atoms with Crippen LogP contribution in [-0.2, 0) is 0 Å². The third kappa shape index (κ3) is 5.27. The minimum atomic E-state index is 0.773. The molecule has 0 aromatic rings. The third-order valence-electron chi connectivity index (χ3n) is 4.58. The molecule has 0 aromatic heterocycles. The lowest BCUT2D eigenvalue weighted by atomic mass is 9.84. The van der Waals surface area contributed by atoms with E-state index in [1.807, 2.05) is 0 Å². The van der Waals surface area contributed by atoms with Gasteiger partial charge < -0.3 is 10.2 Å². The van der Waals surface area contributed by atoms with Gasteiger partial charge in [-0.05, 0) is 37.8 Å². The van der Waals surface area contributed by atoms with Crippen molar-refractivity contribution in [3.63, 3.8) is 0 Å². The molecule has 0 spiro atoms. The van der Waals surface area contributed by atoms with Crippen LogP contribution in [0, 0.1) is 11.8 Å². The zero-order chi connectivity index (χ0) is 13.4. The molecular weight excluding hydrogens is 220 g/mol. The lowest BCUT2D eigenvalue weighted by molar-refractivity contribution is 0.158. The van der Waals surface area contributed by atoms with E-state index in [1.165, 1.54) is 51.7 Å². The van der Waals surface area contributed by atoms with E-state index in [9.17, 15) is 0 Å². The lowest BCUT2D eigenvalue weighted by Gasteiger charge is -2.36. The fraction of sp³-hybridized carbons (Fsp3) is 1.00. The summed E-state index contributed by atoms with van der Waals surface area (Å²) in [6.07, 6.45) is 6.98. The quantitative estimate of drug-likeness (QED) is 0.713. The summed E-state index contributed by atoms with van der Waals surface area (Å²) < 4.78 is 0. The van der Waals surface area contributed by atoms with Gasteiger partial charge in [0.25, 0.3) is 0 Å². The van der Waals surface area contributed by atoms with Crippen LogP contribution in [-0.4, -0.2) is 37.1 Å². The SMILES string of the molecule is CCNC1CCCCC1CN(CC)CC(C)CC. The number of hydrogen-bond donors (Lipinski definition) is 1. The van der Waals surface area contributed by atoms with Crippen molar-refractivity contribution >= 4 is 0 Å². The molecule has 0 aromatic carbocycles. The highest BCUT2D eigenvalue weighted by Crippen LogP contribution is 2.25. The van der Waals surface area contributed by atoms with Gasteiger partial charge >= 0.3 is 0 Å². The molecule has 1 aliphatic carbocycles. The Morgan fingerprint density at radius 1 is 1.17 bits per heavy atom. The summed E-state index contributed by atoms with van der Waals surface area (Å²) in [4.78, 5) is 2.68. The Labute approximate surface area is 115 Å². The smallest absolute Gasteiger partial charge is 0.0107 e. The molecule has 0 aliphatic heterocycles. The van der Waals surface area contributed by atoms with Crippen molar-refractivity contribution in [1.82, 2.24) is 10.2 Å². The maximum Gasteiger partial charge on any atom is 0.0107 e. The van der Waals surface area contributed by atoms with Crippen molar-refractivity contribution < 1.29 is 0 Å². The molecule has 0 radical (unpaired) electrons. The molecule has 0 bridgehead atoms. The highest BCUT2D eigenvalue weighted by molar-refractivity contribution is 4.83. The molecule has 2 nitrogen and oxygen atoms in total. The highest BCUT2D eigenvalue weighted by atomic mass is 15.1. The summed E-state index contributed by atoms with van der Waals surface area (Å²) in [6.45, 7) is 14.2. The fourth-order valence-corrected chi connectivity index (χ4v) is 3.19. The Morgan fingerprint density at radius 3 is 2.50 bits per heavy atom.